The van der Waals surface area contributed by atoms with E-state index in [2.05, 4.69) is 25.9 Å². The number of anilines is 1. The molecule has 3 aromatic rings. The van der Waals surface area contributed by atoms with Crippen molar-refractivity contribution in [2.24, 2.45) is 7.05 Å². The van der Waals surface area contributed by atoms with E-state index >= 15 is 0 Å². The van der Waals surface area contributed by atoms with Gasteiger partial charge in [0.05, 0.1) is 4.47 Å². The first kappa shape index (κ1) is 17.1. The molecule has 24 heavy (non-hydrogen) atoms. The topological polar surface area (TPSA) is 76.9 Å². The molecule has 6 nitrogen and oxygen atoms in total. The van der Waals surface area contributed by atoms with Crippen molar-refractivity contribution < 1.29 is 17.2 Å². The number of hydrogen-bond donors (Lipinski definition) is 1. The Morgan fingerprint density at radius 3 is 2.71 bits per heavy atom. The number of aromatic nitrogens is 3. The minimum absolute atomic E-state index is 0.159. The SMILES string of the molecule is Cn1cc(S(=O)(=O)Nc2nc(F)c(Br)cc2F)c2ccc(Cl)nc21. The lowest BCUT2D eigenvalue weighted by Gasteiger charge is -2.08. The summed E-state index contributed by atoms with van der Waals surface area (Å²) in [6, 6.07) is 3.69. The third kappa shape index (κ3) is 2.96. The second-order valence-electron chi connectivity index (χ2n) is 4.81. The highest BCUT2D eigenvalue weighted by Crippen LogP contribution is 2.28. The van der Waals surface area contributed by atoms with Crippen molar-refractivity contribution in [3.63, 3.8) is 0 Å². The van der Waals surface area contributed by atoms with Gasteiger partial charge in [-0.2, -0.15) is 9.37 Å². The summed E-state index contributed by atoms with van der Waals surface area (Å²) in [5.74, 6) is -2.80. The van der Waals surface area contributed by atoms with Crippen molar-refractivity contribution >= 4 is 54.4 Å². The fourth-order valence-electron chi connectivity index (χ4n) is 2.11. The predicted octanol–water partition coefficient (Wildman–Crippen LogP) is 3.46. The summed E-state index contributed by atoms with van der Waals surface area (Å²) in [5, 5.41) is 0.482. The van der Waals surface area contributed by atoms with Gasteiger partial charge >= 0.3 is 0 Å². The Balaban J connectivity index is 2.11. The zero-order valence-electron chi connectivity index (χ0n) is 11.9. The van der Waals surface area contributed by atoms with Gasteiger partial charge in [-0.05, 0) is 34.1 Å². The van der Waals surface area contributed by atoms with Crippen LogP contribution < -0.4 is 4.72 Å². The normalized spacial score (nSPS) is 11.9. The predicted molar refractivity (Wildman–Crippen MR) is 88.4 cm³/mol. The van der Waals surface area contributed by atoms with Crippen LogP contribution in [0.2, 0.25) is 5.15 Å². The van der Waals surface area contributed by atoms with Crippen LogP contribution in [0.5, 0.6) is 0 Å². The van der Waals surface area contributed by atoms with E-state index < -0.39 is 27.6 Å². The zero-order valence-corrected chi connectivity index (χ0v) is 15.0. The summed E-state index contributed by atoms with van der Waals surface area (Å²) in [6.45, 7) is 0. The lowest BCUT2D eigenvalue weighted by molar-refractivity contribution is 0.557. The number of sulfonamides is 1. The quantitative estimate of drug-likeness (QED) is 0.637. The summed E-state index contributed by atoms with van der Waals surface area (Å²) in [7, 11) is -2.64. The summed E-state index contributed by atoms with van der Waals surface area (Å²) in [6.07, 6.45) is 1.30. The number of nitrogens with zero attached hydrogens (tertiary/aromatic N) is 3. The van der Waals surface area contributed by atoms with Crippen LogP contribution in [0.25, 0.3) is 11.0 Å². The highest BCUT2D eigenvalue weighted by atomic mass is 79.9. The number of halogens is 4. The van der Waals surface area contributed by atoms with E-state index in [9.17, 15) is 17.2 Å². The molecule has 0 unspecified atom stereocenters. The third-order valence-electron chi connectivity index (χ3n) is 3.16. The minimum Gasteiger partial charge on any atom is -0.334 e. The van der Waals surface area contributed by atoms with Crippen LogP contribution in [-0.4, -0.2) is 23.0 Å². The van der Waals surface area contributed by atoms with Crippen molar-refractivity contribution in [3.05, 3.63) is 45.8 Å². The van der Waals surface area contributed by atoms with Crippen molar-refractivity contribution in [1.29, 1.82) is 0 Å². The number of hydrogen-bond acceptors (Lipinski definition) is 4. The van der Waals surface area contributed by atoms with Gasteiger partial charge in [-0.15, -0.1) is 0 Å². The monoisotopic (exact) mass is 436 g/mol. The van der Waals surface area contributed by atoms with Crippen molar-refractivity contribution in [2.45, 2.75) is 4.90 Å². The molecule has 0 saturated carbocycles. The number of nitrogens with one attached hydrogen (secondary N) is 1. The van der Waals surface area contributed by atoms with E-state index in [1.807, 2.05) is 4.72 Å². The van der Waals surface area contributed by atoms with Gasteiger partial charge in [-0.3, -0.25) is 4.72 Å². The summed E-state index contributed by atoms with van der Waals surface area (Å²) >= 11 is 8.57. The molecule has 3 aromatic heterocycles. The van der Waals surface area contributed by atoms with Gasteiger partial charge in [0.2, 0.25) is 5.95 Å². The Morgan fingerprint density at radius 1 is 1.29 bits per heavy atom. The molecular formula is C13H8BrClF2N4O2S. The summed E-state index contributed by atoms with van der Waals surface area (Å²) in [5.41, 5.74) is 0.332. The second kappa shape index (κ2) is 5.94. The molecule has 3 heterocycles. The van der Waals surface area contributed by atoms with Gasteiger partial charge in [0.15, 0.2) is 11.6 Å². The van der Waals surface area contributed by atoms with Crippen LogP contribution in [0.4, 0.5) is 14.6 Å². The first-order chi connectivity index (χ1) is 11.2. The molecular weight excluding hydrogens is 430 g/mol. The maximum absolute atomic E-state index is 13.8. The van der Waals surface area contributed by atoms with Crippen molar-refractivity contribution in [2.75, 3.05) is 4.72 Å². The number of rotatable bonds is 3. The zero-order chi connectivity index (χ0) is 17.6. The molecule has 0 aliphatic heterocycles. The van der Waals surface area contributed by atoms with E-state index in [-0.39, 0.29) is 19.9 Å². The molecule has 0 fully saturated rings. The van der Waals surface area contributed by atoms with Gasteiger partial charge in [0.25, 0.3) is 10.0 Å². The molecule has 126 valence electrons. The maximum Gasteiger partial charge on any atom is 0.265 e. The van der Waals surface area contributed by atoms with Crippen molar-refractivity contribution in [3.8, 4) is 0 Å². The average Bonchev–Trinajstić information content (AvgIpc) is 2.82. The summed E-state index contributed by atoms with van der Waals surface area (Å²) < 4.78 is 55.5. The molecule has 0 aliphatic carbocycles. The molecule has 0 aliphatic rings. The largest absolute Gasteiger partial charge is 0.334 e. The number of fused-ring (bicyclic) bond motifs is 1. The fraction of sp³-hybridized carbons (Fsp3) is 0.0769. The number of aryl methyl sites for hydroxylation is 1. The molecule has 0 atom stereocenters. The second-order valence-corrected chi connectivity index (χ2v) is 7.70. The van der Waals surface area contributed by atoms with Crippen LogP contribution >= 0.6 is 27.5 Å². The first-order valence-electron chi connectivity index (χ1n) is 6.35. The molecule has 0 amide bonds. The Morgan fingerprint density at radius 2 is 2.00 bits per heavy atom. The van der Waals surface area contributed by atoms with Crippen LogP contribution in [-0.2, 0) is 17.1 Å². The Labute approximate surface area is 148 Å². The molecule has 0 aromatic carbocycles. The van der Waals surface area contributed by atoms with Crippen LogP contribution in [0.3, 0.4) is 0 Å². The maximum atomic E-state index is 13.8. The third-order valence-corrected chi connectivity index (χ3v) is 5.29. The van der Waals surface area contributed by atoms with E-state index in [0.29, 0.717) is 5.65 Å². The van der Waals surface area contributed by atoms with Gasteiger partial charge < -0.3 is 4.57 Å². The van der Waals surface area contributed by atoms with Gasteiger partial charge in [-0.1, -0.05) is 11.6 Å². The van der Waals surface area contributed by atoms with E-state index in [4.69, 9.17) is 11.6 Å². The lowest BCUT2D eigenvalue weighted by Crippen LogP contribution is -2.15. The molecule has 1 N–H and O–H groups in total. The van der Waals surface area contributed by atoms with Crippen molar-refractivity contribution in [1.82, 2.24) is 14.5 Å². The molecule has 0 saturated heterocycles. The molecule has 0 spiro atoms. The highest BCUT2D eigenvalue weighted by molar-refractivity contribution is 9.10. The Kier molecular flexibility index (Phi) is 4.22. The Bertz CT molecular complexity index is 1070. The fourth-order valence-corrected chi connectivity index (χ4v) is 3.79. The average molecular weight is 438 g/mol. The smallest absolute Gasteiger partial charge is 0.265 e. The van der Waals surface area contributed by atoms with E-state index in [1.54, 1.807) is 7.05 Å². The van der Waals surface area contributed by atoms with Gasteiger partial charge in [0, 0.05) is 18.6 Å². The van der Waals surface area contributed by atoms with Crippen LogP contribution in [0.1, 0.15) is 0 Å². The standard InChI is InChI=1S/C13H8BrClF2N4O2S/c1-21-5-9(6-2-3-10(15)18-13(6)21)24(22,23)20-12-8(16)4-7(14)11(17)19-12/h2-5H,1H3,(H,19,20). The van der Waals surface area contributed by atoms with E-state index in [1.165, 1.54) is 22.9 Å². The Hall–Kier alpha value is -1.78. The highest BCUT2D eigenvalue weighted by Gasteiger charge is 2.24. The molecule has 3 rings (SSSR count). The van der Waals surface area contributed by atoms with Crippen LogP contribution in [0.15, 0.2) is 33.8 Å². The first-order valence-corrected chi connectivity index (χ1v) is 9.00. The minimum atomic E-state index is -4.22. The molecule has 0 bridgehead atoms. The van der Waals surface area contributed by atoms with Gasteiger partial charge in [0.1, 0.15) is 15.7 Å². The van der Waals surface area contributed by atoms with Gasteiger partial charge in [-0.25, -0.2) is 17.8 Å². The lowest BCUT2D eigenvalue weighted by atomic mass is 10.3. The molecule has 11 heteroatoms. The van der Waals surface area contributed by atoms with E-state index in [0.717, 1.165) is 6.07 Å². The summed E-state index contributed by atoms with van der Waals surface area (Å²) in [4.78, 5) is 7.14. The van der Waals surface area contributed by atoms with Crippen LogP contribution in [0, 0.1) is 11.8 Å². The molecule has 0 radical (unpaired) electrons. The number of pyridine rings is 2.